The third-order valence-electron chi connectivity index (χ3n) is 5.77. The Balaban J connectivity index is 1.77. The van der Waals surface area contributed by atoms with Gasteiger partial charge in [-0.1, -0.05) is 61.2 Å². The van der Waals surface area contributed by atoms with E-state index in [9.17, 15) is 9.59 Å². The van der Waals surface area contributed by atoms with Crippen molar-refractivity contribution in [3.8, 4) is 5.75 Å². The summed E-state index contributed by atoms with van der Waals surface area (Å²) in [6.07, 6.45) is 4.80. The van der Waals surface area contributed by atoms with Crippen LogP contribution in [-0.4, -0.2) is 35.4 Å². The maximum absolute atomic E-state index is 13.3. The zero-order valence-electron chi connectivity index (χ0n) is 18.6. The molecular formula is C25H30BrClN2O3. The maximum Gasteiger partial charge on any atom is 0.261 e. The molecule has 32 heavy (non-hydrogen) atoms. The van der Waals surface area contributed by atoms with Crippen LogP contribution in [0, 0.1) is 6.92 Å². The first-order valence-electron chi connectivity index (χ1n) is 11.1. The Kier molecular flexibility index (Phi) is 9.00. The number of aryl methyl sites for hydroxylation is 1. The molecular weight excluding hydrogens is 492 g/mol. The molecule has 0 radical (unpaired) electrons. The molecule has 0 spiro atoms. The molecule has 0 aliphatic heterocycles. The Morgan fingerprint density at radius 3 is 2.62 bits per heavy atom. The van der Waals surface area contributed by atoms with Gasteiger partial charge in [-0.2, -0.15) is 0 Å². The van der Waals surface area contributed by atoms with Crippen molar-refractivity contribution in [2.45, 2.75) is 64.6 Å². The smallest absolute Gasteiger partial charge is 0.261 e. The highest BCUT2D eigenvalue weighted by atomic mass is 79.9. The van der Waals surface area contributed by atoms with E-state index in [0.717, 1.165) is 36.8 Å². The summed E-state index contributed by atoms with van der Waals surface area (Å²) in [6.45, 7) is 4.13. The van der Waals surface area contributed by atoms with Crippen molar-refractivity contribution < 1.29 is 14.3 Å². The van der Waals surface area contributed by atoms with Gasteiger partial charge in [-0.15, -0.1) is 0 Å². The van der Waals surface area contributed by atoms with Crippen molar-refractivity contribution in [3.63, 3.8) is 0 Å². The van der Waals surface area contributed by atoms with Gasteiger partial charge in [-0.25, -0.2) is 0 Å². The lowest BCUT2D eigenvalue weighted by atomic mass is 10.1. The minimum atomic E-state index is -0.555. The van der Waals surface area contributed by atoms with Gasteiger partial charge < -0.3 is 15.0 Å². The molecule has 1 saturated carbocycles. The predicted octanol–water partition coefficient (Wildman–Crippen LogP) is 5.66. The molecule has 1 aliphatic rings. The van der Waals surface area contributed by atoms with Gasteiger partial charge in [-0.05, 0) is 65.9 Å². The van der Waals surface area contributed by atoms with E-state index in [0.29, 0.717) is 28.2 Å². The largest absolute Gasteiger partial charge is 0.483 e. The number of nitrogens with one attached hydrogen (secondary N) is 1. The van der Waals surface area contributed by atoms with E-state index in [1.54, 1.807) is 23.1 Å². The lowest BCUT2D eigenvalue weighted by Gasteiger charge is -2.31. The molecule has 1 aliphatic carbocycles. The molecule has 7 heteroatoms. The van der Waals surface area contributed by atoms with E-state index in [1.807, 2.05) is 38.1 Å². The average molecular weight is 522 g/mol. The molecule has 0 saturated heterocycles. The fraction of sp³-hybridized carbons (Fsp3) is 0.440. The number of ether oxygens (including phenoxy) is 1. The van der Waals surface area contributed by atoms with Crippen molar-refractivity contribution >= 4 is 39.3 Å². The van der Waals surface area contributed by atoms with Crippen LogP contribution in [0.3, 0.4) is 0 Å². The molecule has 1 N–H and O–H groups in total. The molecule has 1 fully saturated rings. The predicted molar refractivity (Wildman–Crippen MR) is 131 cm³/mol. The van der Waals surface area contributed by atoms with Crippen LogP contribution in [0.1, 0.15) is 50.2 Å². The van der Waals surface area contributed by atoms with Crippen molar-refractivity contribution in [1.29, 1.82) is 0 Å². The van der Waals surface area contributed by atoms with Gasteiger partial charge in [0.25, 0.3) is 5.91 Å². The summed E-state index contributed by atoms with van der Waals surface area (Å²) >= 11 is 9.41. The van der Waals surface area contributed by atoms with Crippen molar-refractivity contribution in [1.82, 2.24) is 10.2 Å². The van der Waals surface area contributed by atoms with E-state index in [1.165, 1.54) is 0 Å². The number of hydrogen-bond acceptors (Lipinski definition) is 3. The summed E-state index contributed by atoms with van der Waals surface area (Å²) in [4.78, 5) is 28.1. The Morgan fingerprint density at radius 1 is 1.22 bits per heavy atom. The number of carbonyl (C=O) groups excluding carboxylic acids is 2. The summed E-state index contributed by atoms with van der Waals surface area (Å²) < 4.78 is 6.45. The monoisotopic (exact) mass is 520 g/mol. The number of benzene rings is 2. The number of carbonyl (C=O) groups is 2. The van der Waals surface area contributed by atoms with Crippen LogP contribution < -0.4 is 10.1 Å². The molecule has 0 bridgehead atoms. The first-order valence-corrected chi connectivity index (χ1v) is 12.3. The molecule has 0 heterocycles. The van der Waals surface area contributed by atoms with Crippen LogP contribution >= 0.6 is 27.5 Å². The van der Waals surface area contributed by atoms with E-state index >= 15 is 0 Å². The minimum Gasteiger partial charge on any atom is -0.483 e. The third kappa shape index (κ3) is 6.72. The molecule has 3 rings (SSSR count). The van der Waals surface area contributed by atoms with E-state index in [4.69, 9.17) is 16.3 Å². The summed E-state index contributed by atoms with van der Waals surface area (Å²) in [5.41, 5.74) is 2.10. The first-order chi connectivity index (χ1) is 15.4. The van der Waals surface area contributed by atoms with Crippen LogP contribution in [0.5, 0.6) is 5.75 Å². The fourth-order valence-corrected chi connectivity index (χ4v) is 4.91. The van der Waals surface area contributed by atoms with Crippen molar-refractivity contribution in [2.24, 2.45) is 0 Å². The van der Waals surface area contributed by atoms with Gasteiger partial charge in [0.15, 0.2) is 6.61 Å². The molecule has 172 valence electrons. The molecule has 2 amide bonds. The minimum absolute atomic E-state index is 0.0897. The second kappa shape index (κ2) is 11.7. The fourth-order valence-electron chi connectivity index (χ4n) is 4.11. The Bertz CT molecular complexity index is 947. The summed E-state index contributed by atoms with van der Waals surface area (Å²) in [5.74, 6) is 0.205. The zero-order valence-corrected chi connectivity index (χ0v) is 20.9. The highest BCUT2D eigenvalue weighted by Gasteiger charge is 2.31. The normalized spacial score (nSPS) is 14.8. The number of halogens is 2. The maximum atomic E-state index is 13.3. The molecule has 2 aromatic rings. The van der Waals surface area contributed by atoms with E-state index in [-0.39, 0.29) is 24.5 Å². The quantitative estimate of drug-likeness (QED) is 0.463. The number of rotatable bonds is 9. The van der Waals surface area contributed by atoms with Crippen LogP contribution in [0.4, 0.5) is 0 Å². The molecule has 1 unspecified atom stereocenters. The third-order valence-corrected chi connectivity index (χ3v) is 6.62. The Morgan fingerprint density at radius 2 is 1.97 bits per heavy atom. The summed E-state index contributed by atoms with van der Waals surface area (Å²) in [7, 11) is 0. The molecule has 0 aromatic heterocycles. The Labute approximate surface area is 203 Å². The van der Waals surface area contributed by atoms with Gasteiger partial charge >= 0.3 is 0 Å². The van der Waals surface area contributed by atoms with Crippen LogP contribution in [0.15, 0.2) is 46.9 Å². The lowest BCUT2D eigenvalue weighted by Crippen LogP contribution is -2.52. The first kappa shape index (κ1) is 24.6. The van der Waals surface area contributed by atoms with Crippen molar-refractivity contribution in [3.05, 3.63) is 63.1 Å². The number of amides is 2. The van der Waals surface area contributed by atoms with E-state index in [2.05, 4.69) is 21.2 Å². The number of nitrogens with zero attached hydrogens (tertiary/aromatic N) is 1. The van der Waals surface area contributed by atoms with Crippen LogP contribution in [0.25, 0.3) is 0 Å². The van der Waals surface area contributed by atoms with E-state index < -0.39 is 6.04 Å². The van der Waals surface area contributed by atoms with Gasteiger partial charge in [0.05, 0.1) is 4.47 Å². The molecule has 1 atom stereocenters. The standard InChI is InChI=1S/C25H30BrClN2O3/c1-3-22(25(31)28-20-9-4-5-10-20)29(15-18-8-6-7-17(2)13-18)24(30)16-32-23-12-11-19(27)14-21(23)26/h6-8,11-14,20,22H,3-5,9-10,15-16H2,1-2H3,(H,28,31). The van der Waals surface area contributed by atoms with Gasteiger partial charge in [-0.3, -0.25) is 9.59 Å². The SMILES string of the molecule is CCC(C(=O)NC1CCCC1)N(Cc1cccc(C)c1)C(=O)COc1ccc(Cl)cc1Br. The number of hydrogen-bond donors (Lipinski definition) is 1. The van der Waals surface area contributed by atoms with Gasteiger partial charge in [0.2, 0.25) is 5.91 Å². The second-order valence-corrected chi connectivity index (χ2v) is 9.58. The van der Waals surface area contributed by atoms with Crippen molar-refractivity contribution in [2.75, 3.05) is 6.61 Å². The summed E-state index contributed by atoms with van der Waals surface area (Å²) in [6, 6.07) is 12.8. The van der Waals surface area contributed by atoms with Crippen LogP contribution in [-0.2, 0) is 16.1 Å². The second-order valence-electron chi connectivity index (χ2n) is 8.29. The summed E-state index contributed by atoms with van der Waals surface area (Å²) in [5, 5.41) is 3.73. The van der Waals surface area contributed by atoms with Crippen LogP contribution in [0.2, 0.25) is 5.02 Å². The van der Waals surface area contributed by atoms with Gasteiger partial charge in [0, 0.05) is 17.6 Å². The molecule has 5 nitrogen and oxygen atoms in total. The average Bonchev–Trinajstić information content (AvgIpc) is 3.26. The molecule has 2 aromatic carbocycles. The topological polar surface area (TPSA) is 58.6 Å². The zero-order chi connectivity index (χ0) is 23.1. The lowest BCUT2D eigenvalue weighted by molar-refractivity contribution is -0.143. The Hall–Kier alpha value is -2.05. The highest BCUT2D eigenvalue weighted by molar-refractivity contribution is 9.10. The van der Waals surface area contributed by atoms with Gasteiger partial charge in [0.1, 0.15) is 11.8 Å². The highest BCUT2D eigenvalue weighted by Crippen LogP contribution is 2.28.